The van der Waals surface area contributed by atoms with Gasteiger partial charge in [-0.1, -0.05) is 60.7 Å². The number of phosphoric acid groups is 1. The molecule has 0 radical (unpaired) electrons. The minimum Gasteiger partial charge on any atom is -0.467 e. The van der Waals surface area contributed by atoms with Crippen molar-refractivity contribution in [1.29, 1.82) is 0 Å². The van der Waals surface area contributed by atoms with Gasteiger partial charge in [0, 0.05) is 20.8 Å². The third-order valence-electron chi connectivity index (χ3n) is 5.83. The summed E-state index contributed by atoms with van der Waals surface area (Å²) in [5.74, 6) is -3.46. The molecule has 1 aliphatic rings. The van der Waals surface area contributed by atoms with Gasteiger partial charge in [0.25, 0.3) is 0 Å². The van der Waals surface area contributed by atoms with Gasteiger partial charge in [0.05, 0.1) is 26.9 Å². The van der Waals surface area contributed by atoms with E-state index < -0.39 is 68.8 Å². The van der Waals surface area contributed by atoms with Crippen LogP contribution in [0.4, 0.5) is 0 Å². The van der Waals surface area contributed by atoms with Crippen molar-refractivity contribution >= 4 is 31.7 Å². The number of benzene rings is 2. The molecule has 228 valence electrons. The molecular formula is C28H33O13P. The monoisotopic (exact) mass is 608 g/mol. The Labute approximate surface area is 242 Å². The molecule has 42 heavy (non-hydrogen) atoms. The van der Waals surface area contributed by atoms with Crippen molar-refractivity contribution in [3.8, 4) is 0 Å². The first-order chi connectivity index (χ1) is 20.0. The maximum absolute atomic E-state index is 13.8. The Bertz CT molecular complexity index is 1210. The van der Waals surface area contributed by atoms with Crippen LogP contribution in [0.1, 0.15) is 31.9 Å². The highest BCUT2D eigenvalue weighted by molar-refractivity contribution is 7.48. The Balaban J connectivity index is 1.90. The van der Waals surface area contributed by atoms with Crippen LogP contribution in [0.15, 0.2) is 60.7 Å². The van der Waals surface area contributed by atoms with Crippen molar-refractivity contribution in [2.45, 2.75) is 64.5 Å². The number of phosphoric ester groups is 1. The van der Waals surface area contributed by atoms with Gasteiger partial charge in [0.15, 0.2) is 24.4 Å². The molecule has 0 saturated carbocycles. The van der Waals surface area contributed by atoms with Crippen molar-refractivity contribution in [1.82, 2.24) is 0 Å². The summed E-state index contributed by atoms with van der Waals surface area (Å²) in [6.07, 6.45) is -7.54. The van der Waals surface area contributed by atoms with E-state index in [1.165, 1.54) is 0 Å². The van der Waals surface area contributed by atoms with E-state index in [2.05, 4.69) is 0 Å². The molecule has 2 unspecified atom stereocenters. The van der Waals surface area contributed by atoms with Gasteiger partial charge in [-0.05, 0) is 11.1 Å². The van der Waals surface area contributed by atoms with Gasteiger partial charge < -0.3 is 23.7 Å². The summed E-state index contributed by atoms with van der Waals surface area (Å²) in [4.78, 5) is 48.6. The molecule has 0 bridgehead atoms. The summed E-state index contributed by atoms with van der Waals surface area (Å²) in [7, 11) is -3.27. The topological polar surface area (TPSA) is 159 Å². The first kappa shape index (κ1) is 32.9. The second kappa shape index (κ2) is 15.6. The summed E-state index contributed by atoms with van der Waals surface area (Å²) in [5, 5.41) is 0. The van der Waals surface area contributed by atoms with Gasteiger partial charge >= 0.3 is 31.7 Å². The van der Waals surface area contributed by atoms with E-state index in [1.807, 2.05) is 0 Å². The molecule has 5 atom stereocenters. The fourth-order valence-corrected chi connectivity index (χ4v) is 5.23. The minimum atomic E-state index is -4.34. The molecule has 13 nitrogen and oxygen atoms in total. The molecule has 14 heteroatoms. The highest BCUT2D eigenvalue weighted by Crippen LogP contribution is 2.51. The molecule has 0 N–H and O–H groups in total. The third kappa shape index (κ3) is 9.74. The maximum atomic E-state index is 13.8. The van der Waals surface area contributed by atoms with E-state index in [1.54, 1.807) is 60.7 Å². The van der Waals surface area contributed by atoms with Gasteiger partial charge in [-0.25, -0.2) is 9.36 Å². The smallest absolute Gasteiger partial charge is 0.467 e. The van der Waals surface area contributed by atoms with E-state index in [0.717, 1.165) is 27.9 Å². The summed E-state index contributed by atoms with van der Waals surface area (Å²) in [5.41, 5.74) is 1.36. The molecule has 3 rings (SSSR count). The summed E-state index contributed by atoms with van der Waals surface area (Å²) in [6.45, 7) is 2.33. The number of rotatable bonds is 13. The molecule has 0 aromatic heterocycles. The zero-order valence-corrected chi connectivity index (χ0v) is 24.4. The summed E-state index contributed by atoms with van der Waals surface area (Å²) < 4.78 is 57.2. The summed E-state index contributed by atoms with van der Waals surface area (Å²) >= 11 is 0. The van der Waals surface area contributed by atoms with Crippen LogP contribution in [-0.2, 0) is 74.2 Å². The molecule has 1 saturated heterocycles. The second-order valence-electron chi connectivity index (χ2n) is 9.10. The normalized spacial score (nSPS) is 22.0. The molecular weight excluding hydrogens is 575 g/mol. The van der Waals surface area contributed by atoms with Gasteiger partial charge in [-0.15, -0.1) is 0 Å². The Hall–Kier alpha value is -3.61. The number of hydrogen-bond acceptors (Lipinski definition) is 13. The van der Waals surface area contributed by atoms with Gasteiger partial charge in [0.2, 0.25) is 0 Å². The predicted octanol–water partition coefficient (Wildman–Crippen LogP) is 3.28. The van der Waals surface area contributed by atoms with Gasteiger partial charge in [-0.2, -0.15) is 0 Å². The van der Waals surface area contributed by atoms with Crippen LogP contribution < -0.4 is 0 Å². The minimum absolute atomic E-state index is 0.138. The Morgan fingerprint density at radius 2 is 1.14 bits per heavy atom. The van der Waals surface area contributed by atoms with E-state index in [0.29, 0.717) is 11.1 Å². The molecule has 1 fully saturated rings. The summed E-state index contributed by atoms with van der Waals surface area (Å²) in [6, 6.07) is 17.7. The van der Waals surface area contributed by atoms with E-state index in [-0.39, 0.29) is 13.2 Å². The first-order valence-electron chi connectivity index (χ1n) is 12.9. The SMILES string of the molecule is COC(=O)[C@H]1OC(COP(=O)(OCc2ccccc2)OCc2ccccc2)[C@@H](OC(C)=O)[C@H](OC(C)=O)C1OC(C)=O. The molecule has 0 aliphatic carbocycles. The van der Waals surface area contributed by atoms with Crippen LogP contribution in [-0.4, -0.2) is 68.1 Å². The van der Waals surface area contributed by atoms with Crippen LogP contribution in [0.2, 0.25) is 0 Å². The van der Waals surface area contributed by atoms with Crippen molar-refractivity contribution < 1.29 is 61.0 Å². The van der Waals surface area contributed by atoms with Crippen LogP contribution in [0.25, 0.3) is 0 Å². The lowest BCUT2D eigenvalue weighted by Gasteiger charge is -2.43. The third-order valence-corrected chi connectivity index (χ3v) is 7.19. The second-order valence-corrected chi connectivity index (χ2v) is 10.8. The van der Waals surface area contributed by atoms with Gasteiger partial charge in [0.1, 0.15) is 6.10 Å². The highest BCUT2D eigenvalue weighted by Gasteiger charge is 2.55. The fraction of sp³-hybridized carbons (Fsp3) is 0.429. The largest absolute Gasteiger partial charge is 0.475 e. The van der Waals surface area contributed by atoms with Gasteiger partial charge in [-0.3, -0.25) is 28.0 Å². The Morgan fingerprint density at radius 1 is 0.690 bits per heavy atom. The molecule has 1 aliphatic heterocycles. The van der Waals surface area contributed by atoms with Crippen molar-refractivity contribution in [3.63, 3.8) is 0 Å². The number of esters is 4. The van der Waals surface area contributed by atoms with Crippen LogP contribution >= 0.6 is 7.82 Å². The number of hydrogen-bond donors (Lipinski definition) is 0. The lowest BCUT2D eigenvalue weighted by molar-refractivity contribution is -0.252. The standard InChI is InChI=1S/C28H33O13P/c1-18(29)38-24-23(41-27(28(32)34-4)26(40-20(3)31)25(24)39-19(2)30)17-37-42(33,35-15-21-11-7-5-8-12-21)36-16-22-13-9-6-10-14-22/h5-14,23-27H,15-17H2,1-4H3/t23?,24-,25+,26?,27+/m1/s1. The first-order valence-corrected chi connectivity index (χ1v) is 14.3. The predicted molar refractivity (Wildman–Crippen MR) is 143 cm³/mol. The average molecular weight is 609 g/mol. The molecule has 0 amide bonds. The molecule has 0 spiro atoms. The average Bonchev–Trinajstić information content (AvgIpc) is 2.96. The van der Waals surface area contributed by atoms with Crippen molar-refractivity contribution in [3.05, 3.63) is 71.8 Å². The lowest BCUT2D eigenvalue weighted by Crippen LogP contribution is -2.64. The van der Waals surface area contributed by atoms with Crippen LogP contribution in [0.3, 0.4) is 0 Å². The van der Waals surface area contributed by atoms with Crippen molar-refractivity contribution in [2.75, 3.05) is 13.7 Å². The van der Waals surface area contributed by atoms with E-state index in [9.17, 15) is 23.7 Å². The zero-order chi connectivity index (χ0) is 30.7. The number of ether oxygens (including phenoxy) is 5. The van der Waals surface area contributed by atoms with Crippen LogP contribution in [0, 0.1) is 0 Å². The maximum Gasteiger partial charge on any atom is 0.475 e. The molecule has 2 aromatic carbocycles. The van der Waals surface area contributed by atoms with Crippen molar-refractivity contribution in [2.24, 2.45) is 0 Å². The van der Waals surface area contributed by atoms with E-state index >= 15 is 0 Å². The number of carbonyl (C=O) groups is 4. The fourth-order valence-electron chi connectivity index (χ4n) is 4.07. The van der Waals surface area contributed by atoms with E-state index in [4.69, 9.17) is 37.3 Å². The Morgan fingerprint density at radius 3 is 1.60 bits per heavy atom. The van der Waals surface area contributed by atoms with Crippen LogP contribution in [0.5, 0.6) is 0 Å². The molecule has 2 aromatic rings. The zero-order valence-electron chi connectivity index (χ0n) is 23.5. The molecule has 1 heterocycles. The lowest BCUT2D eigenvalue weighted by atomic mass is 9.94. The number of methoxy groups -OCH3 is 1. The Kier molecular flexibility index (Phi) is 12.2. The highest BCUT2D eigenvalue weighted by atomic mass is 31.2. The number of carbonyl (C=O) groups excluding carboxylic acids is 4. The quantitative estimate of drug-likeness (QED) is 0.185.